The van der Waals surface area contributed by atoms with E-state index >= 15 is 0 Å². The van der Waals surface area contributed by atoms with Crippen molar-refractivity contribution in [2.45, 2.75) is 11.1 Å². The highest BCUT2D eigenvalue weighted by atomic mass is 127. The Morgan fingerprint density at radius 1 is 1.67 bits per heavy atom. The molecule has 0 unspecified atom stereocenters. The molecule has 1 rings (SSSR count). The Morgan fingerprint density at radius 2 is 2.33 bits per heavy atom. The maximum absolute atomic E-state index is 2.37. The first-order valence-electron chi connectivity index (χ1n) is 2.54. The highest BCUT2D eigenvalue weighted by Gasteiger charge is 2.00. The third-order valence-corrected chi connectivity index (χ3v) is 4.73. The lowest BCUT2D eigenvalue weighted by Gasteiger charge is -1.85. The highest BCUT2D eigenvalue weighted by Crippen LogP contribution is 2.30. The zero-order chi connectivity index (χ0) is 6.85. The van der Waals surface area contributed by atoms with Crippen molar-refractivity contribution in [1.82, 2.24) is 0 Å². The molecule has 0 amide bonds. The Hall–Kier alpha value is 0.780. The van der Waals surface area contributed by atoms with Gasteiger partial charge in [-0.05, 0) is 41.8 Å². The second-order valence-corrected chi connectivity index (χ2v) is 5.19. The lowest BCUT2D eigenvalue weighted by molar-refractivity contribution is 1.58. The monoisotopic (exact) mass is 270 g/mol. The lowest BCUT2D eigenvalue weighted by Crippen LogP contribution is -1.60. The number of halogens is 1. The van der Waals surface area contributed by atoms with Crippen LogP contribution in [0.2, 0.25) is 0 Å². The largest absolute Gasteiger partial charge is 0.133 e. The molecule has 3 heteroatoms. The fraction of sp³-hybridized carbons (Fsp3) is 0.333. The molecular weight excluding hydrogens is 263 g/mol. The van der Waals surface area contributed by atoms with Crippen molar-refractivity contribution in [3.05, 3.63) is 14.5 Å². The molecule has 0 aromatic carbocycles. The van der Waals surface area contributed by atoms with Crippen molar-refractivity contribution in [2.24, 2.45) is 0 Å². The highest BCUT2D eigenvalue weighted by molar-refractivity contribution is 14.1. The fourth-order valence-electron chi connectivity index (χ4n) is 0.601. The molecule has 0 nitrogen and oxygen atoms in total. The van der Waals surface area contributed by atoms with Crippen LogP contribution in [0, 0.1) is 10.5 Å². The van der Waals surface area contributed by atoms with Crippen molar-refractivity contribution < 1.29 is 0 Å². The Morgan fingerprint density at radius 3 is 2.56 bits per heavy atom. The van der Waals surface area contributed by atoms with Crippen molar-refractivity contribution >= 4 is 45.7 Å². The fourth-order valence-corrected chi connectivity index (χ4v) is 3.88. The predicted molar refractivity (Wildman–Crippen MR) is 53.6 cm³/mol. The van der Waals surface area contributed by atoms with Gasteiger partial charge in [0.25, 0.3) is 0 Å². The second-order valence-electron chi connectivity index (χ2n) is 1.70. The molecule has 1 aromatic rings. The average molecular weight is 270 g/mol. The first kappa shape index (κ1) is 7.88. The molecule has 0 spiro atoms. The molecular formula is C6H7IS2. The standard InChI is InChI=1S/C6H7IS2/c1-4-3-5(7)6(8-2)9-4/h3H,1-2H3. The minimum Gasteiger partial charge on any atom is -0.133 e. The third-order valence-electron chi connectivity index (χ3n) is 0.964. The van der Waals surface area contributed by atoms with E-state index in [-0.39, 0.29) is 0 Å². The molecule has 1 aromatic heterocycles. The second kappa shape index (κ2) is 3.25. The van der Waals surface area contributed by atoms with E-state index in [9.17, 15) is 0 Å². The summed E-state index contributed by atoms with van der Waals surface area (Å²) >= 11 is 6.07. The quantitative estimate of drug-likeness (QED) is 0.557. The zero-order valence-electron chi connectivity index (χ0n) is 5.27. The van der Waals surface area contributed by atoms with E-state index in [1.807, 2.05) is 23.1 Å². The van der Waals surface area contributed by atoms with Crippen LogP contribution in [-0.2, 0) is 0 Å². The SMILES string of the molecule is CSc1sc(C)cc1I. The predicted octanol–water partition coefficient (Wildman–Crippen LogP) is 3.38. The molecule has 0 aliphatic rings. The molecule has 0 aliphatic carbocycles. The molecule has 0 saturated carbocycles. The molecule has 0 fully saturated rings. The van der Waals surface area contributed by atoms with E-state index < -0.39 is 0 Å². The van der Waals surface area contributed by atoms with E-state index in [1.165, 1.54) is 12.7 Å². The summed E-state index contributed by atoms with van der Waals surface area (Å²) in [4.78, 5) is 1.41. The summed E-state index contributed by atoms with van der Waals surface area (Å²) in [5.74, 6) is 0. The van der Waals surface area contributed by atoms with Crippen LogP contribution < -0.4 is 0 Å². The number of hydrogen-bond donors (Lipinski definition) is 0. The minimum absolute atomic E-state index is 1.39. The average Bonchev–Trinajstić information content (AvgIpc) is 2.10. The Balaban J connectivity index is 3.01. The minimum atomic E-state index is 1.39. The molecule has 9 heavy (non-hydrogen) atoms. The van der Waals surface area contributed by atoms with Gasteiger partial charge in [-0.15, -0.1) is 23.1 Å². The lowest BCUT2D eigenvalue weighted by atomic mass is 10.5. The molecule has 0 radical (unpaired) electrons. The maximum Gasteiger partial charge on any atom is 0.0732 e. The summed E-state index contributed by atoms with van der Waals surface area (Å²) in [6, 6.07) is 2.22. The molecule has 1 heterocycles. The van der Waals surface area contributed by atoms with Gasteiger partial charge >= 0.3 is 0 Å². The van der Waals surface area contributed by atoms with Crippen LogP contribution in [0.4, 0.5) is 0 Å². The van der Waals surface area contributed by atoms with Gasteiger partial charge in [-0.3, -0.25) is 0 Å². The Kier molecular flexibility index (Phi) is 2.85. The molecule has 0 atom stereocenters. The van der Waals surface area contributed by atoms with Gasteiger partial charge in [0.05, 0.1) is 4.21 Å². The smallest absolute Gasteiger partial charge is 0.0732 e. The van der Waals surface area contributed by atoms with Crippen molar-refractivity contribution in [1.29, 1.82) is 0 Å². The summed E-state index contributed by atoms with van der Waals surface area (Å²) < 4.78 is 2.83. The first-order chi connectivity index (χ1) is 4.24. The van der Waals surface area contributed by atoms with Crippen LogP contribution in [0.15, 0.2) is 10.3 Å². The molecule has 0 saturated heterocycles. The van der Waals surface area contributed by atoms with Crippen molar-refractivity contribution in [3.63, 3.8) is 0 Å². The molecule has 50 valence electrons. The van der Waals surface area contributed by atoms with Crippen LogP contribution in [0.25, 0.3) is 0 Å². The summed E-state index contributed by atoms with van der Waals surface area (Å²) in [5, 5.41) is 0. The summed E-state index contributed by atoms with van der Waals surface area (Å²) in [5.41, 5.74) is 0. The maximum atomic E-state index is 2.37. The molecule has 0 aliphatic heterocycles. The van der Waals surface area contributed by atoms with Crippen LogP contribution in [-0.4, -0.2) is 6.26 Å². The van der Waals surface area contributed by atoms with Gasteiger partial charge in [0.2, 0.25) is 0 Å². The number of rotatable bonds is 1. The van der Waals surface area contributed by atoms with Gasteiger partial charge in [-0.1, -0.05) is 0 Å². The third kappa shape index (κ3) is 1.85. The molecule has 0 bridgehead atoms. The topological polar surface area (TPSA) is 0 Å². The van der Waals surface area contributed by atoms with Gasteiger partial charge < -0.3 is 0 Å². The van der Waals surface area contributed by atoms with Crippen LogP contribution in [0.5, 0.6) is 0 Å². The van der Waals surface area contributed by atoms with Crippen molar-refractivity contribution in [3.8, 4) is 0 Å². The normalized spacial score (nSPS) is 10.1. The summed E-state index contributed by atoms with van der Waals surface area (Å²) in [7, 11) is 0. The number of hydrogen-bond acceptors (Lipinski definition) is 2. The van der Waals surface area contributed by atoms with Gasteiger partial charge in [0.15, 0.2) is 0 Å². The van der Waals surface area contributed by atoms with Gasteiger partial charge in [-0.2, -0.15) is 0 Å². The first-order valence-corrected chi connectivity index (χ1v) is 5.66. The van der Waals surface area contributed by atoms with E-state index in [0.29, 0.717) is 0 Å². The van der Waals surface area contributed by atoms with E-state index in [1.54, 1.807) is 0 Å². The van der Waals surface area contributed by atoms with Crippen LogP contribution >= 0.6 is 45.7 Å². The van der Waals surface area contributed by atoms with Crippen molar-refractivity contribution in [2.75, 3.05) is 6.26 Å². The van der Waals surface area contributed by atoms with Gasteiger partial charge in [-0.25, -0.2) is 0 Å². The summed E-state index contributed by atoms with van der Waals surface area (Å²) in [6.45, 7) is 2.15. The number of aryl methyl sites for hydroxylation is 1. The zero-order valence-corrected chi connectivity index (χ0v) is 9.06. The van der Waals surface area contributed by atoms with E-state index in [2.05, 4.69) is 41.8 Å². The number of thioether (sulfide) groups is 1. The Bertz CT molecular complexity index is 205. The van der Waals surface area contributed by atoms with Gasteiger partial charge in [0, 0.05) is 8.45 Å². The Labute approximate surface area is 77.2 Å². The van der Waals surface area contributed by atoms with Gasteiger partial charge in [0.1, 0.15) is 0 Å². The van der Waals surface area contributed by atoms with E-state index in [0.717, 1.165) is 0 Å². The van der Waals surface area contributed by atoms with E-state index in [4.69, 9.17) is 0 Å². The number of thiophene rings is 1. The molecule has 0 N–H and O–H groups in total. The van der Waals surface area contributed by atoms with Crippen LogP contribution in [0.1, 0.15) is 4.88 Å². The van der Waals surface area contributed by atoms with Crippen LogP contribution in [0.3, 0.4) is 0 Å². The summed E-state index contributed by atoms with van der Waals surface area (Å²) in [6.07, 6.45) is 2.12.